The molecule has 0 fully saturated rings. The van der Waals surface area contributed by atoms with E-state index in [0.717, 1.165) is 17.7 Å². The molecule has 1 atom stereocenters. The molecule has 0 bridgehead atoms. The van der Waals surface area contributed by atoms with Crippen LogP contribution in [0.2, 0.25) is 5.02 Å². The van der Waals surface area contributed by atoms with Gasteiger partial charge in [0.25, 0.3) is 5.91 Å². The Morgan fingerprint density at radius 2 is 1.92 bits per heavy atom. The van der Waals surface area contributed by atoms with Gasteiger partial charge in [0, 0.05) is 27.6 Å². The lowest BCUT2D eigenvalue weighted by molar-refractivity contribution is 0.0696. The first-order valence-corrected chi connectivity index (χ1v) is 9.70. The largest absolute Gasteiger partial charge is 0.496 e. The number of thiophene rings is 1. The summed E-state index contributed by atoms with van der Waals surface area (Å²) in [6.07, 6.45) is 0.865. The summed E-state index contributed by atoms with van der Waals surface area (Å²) < 4.78 is 5.59. The number of nitrogens with zero attached hydrogens (tertiary/aromatic N) is 1. The zero-order valence-electron chi connectivity index (χ0n) is 14.3. The van der Waals surface area contributed by atoms with Crippen LogP contribution >= 0.6 is 22.9 Å². The summed E-state index contributed by atoms with van der Waals surface area (Å²) in [7, 11) is 1.67. The molecule has 0 N–H and O–H groups in total. The van der Waals surface area contributed by atoms with Crippen molar-refractivity contribution in [2.24, 2.45) is 0 Å². The van der Waals surface area contributed by atoms with Crippen LogP contribution in [0.5, 0.6) is 5.75 Å². The van der Waals surface area contributed by atoms with E-state index in [9.17, 15) is 4.79 Å². The Labute approximate surface area is 161 Å². The fraction of sp³-hybridized carbons (Fsp3) is 0.190. The van der Waals surface area contributed by atoms with Gasteiger partial charge in [0.1, 0.15) is 5.75 Å². The zero-order valence-corrected chi connectivity index (χ0v) is 15.9. The molecule has 3 nitrogen and oxygen atoms in total. The van der Waals surface area contributed by atoms with E-state index < -0.39 is 0 Å². The number of hydrogen-bond donors (Lipinski definition) is 0. The maximum absolute atomic E-state index is 13.3. The first kappa shape index (κ1) is 17.1. The predicted octanol–water partition coefficient (Wildman–Crippen LogP) is 5.20. The molecule has 1 aliphatic heterocycles. The van der Waals surface area contributed by atoms with Crippen molar-refractivity contribution < 1.29 is 9.53 Å². The molecule has 26 heavy (non-hydrogen) atoms. The highest BCUT2D eigenvalue weighted by Gasteiger charge is 2.35. The highest BCUT2D eigenvalue weighted by molar-refractivity contribution is 7.10. The molecule has 1 amide bonds. The van der Waals surface area contributed by atoms with Gasteiger partial charge in [-0.1, -0.05) is 29.8 Å². The Balaban J connectivity index is 1.80. The molecule has 2 aromatic carbocycles. The van der Waals surface area contributed by atoms with E-state index in [2.05, 4.69) is 11.4 Å². The highest BCUT2D eigenvalue weighted by Crippen LogP contribution is 2.42. The molecule has 4 rings (SSSR count). The summed E-state index contributed by atoms with van der Waals surface area (Å²) in [5.41, 5.74) is 2.97. The summed E-state index contributed by atoms with van der Waals surface area (Å²) >= 11 is 7.67. The third kappa shape index (κ3) is 3.00. The van der Waals surface area contributed by atoms with E-state index in [1.165, 1.54) is 10.4 Å². The van der Waals surface area contributed by atoms with Crippen molar-refractivity contribution in [3.05, 3.63) is 86.6 Å². The van der Waals surface area contributed by atoms with Crippen LogP contribution in [0.4, 0.5) is 0 Å². The second kappa shape index (κ2) is 7.14. The van der Waals surface area contributed by atoms with Crippen molar-refractivity contribution >= 4 is 28.8 Å². The van der Waals surface area contributed by atoms with E-state index in [4.69, 9.17) is 16.3 Å². The quantitative estimate of drug-likeness (QED) is 0.622. The van der Waals surface area contributed by atoms with Gasteiger partial charge in [-0.25, -0.2) is 0 Å². The standard InChI is InChI=1S/C21H18ClNO2S/c1-25-18-5-3-2-4-17(18)19-20-14(11-13-26-20)10-12-23(19)21(24)15-6-8-16(22)9-7-15/h2-9,11,13,19H,10,12H2,1H3. The van der Waals surface area contributed by atoms with Crippen LogP contribution in [-0.4, -0.2) is 24.5 Å². The minimum Gasteiger partial charge on any atom is -0.496 e. The molecule has 0 saturated heterocycles. The maximum atomic E-state index is 13.3. The summed E-state index contributed by atoms with van der Waals surface area (Å²) in [5, 5.41) is 2.73. The Kier molecular flexibility index (Phi) is 4.70. The SMILES string of the molecule is COc1ccccc1C1c2sccc2CCN1C(=O)c1ccc(Cl)cc1. The molecule has 0 saturated carbocycles. The third-order valence-electron chi connectivity index (χ3n) is 4.75. The first-order chi connectivity index (χ1) is 12.7. The van der Waals surface area contributed by atoms with Crippen LogP contribution in [0.15, 0.2) is 60.0 Å². The number of ether oxygens (including phenoxy) is 1. The predicted molar refractivity (Wildman–Crippen MR) is 105 cm³/mol. The van der Waals surface area contributed by atoms with Crippen molar-refractivity contribution in [3.63, 3.8) is 0 Å². The smallest absolute Gasteiger partial charge is 0.254 e. The summed E-state index contributed by atoms with van der Waals surface area (Å²) in [4.78, 5) is 16.4. The van der Waals surface area contributed by atoms with Crippen molar-refractivity contribution in [1.82, 2.24) is 4.90 Å². The molecule has 1 aliphatic rings. The molecule has 0 aliphatic carbocycles. The molecule has 0 radical (unpaired) electrons. The molecular weight excluding hydrogens is 366 g/mol. The van der Waals surface area contributed by atoms with E-state index >= 15 is 0 Å². The Bertz CT molecular complexity index is 935. The summed E-state index contributed by atoms with van der Waals surface area (Å²) in [5.74, 6) is 0.810. The minimum absolute atomic E-state index is 0.0108. The fourth-order valence-corrected chi connectivity index (χ4v) is 4.69. The first-order valence-electron chi connectivity index (χ1n) is 8.44. The zero-order chi connectivity index (χ0) is 18.1. The molecular formula is C21H18ClNO2S. The van der Waals surface area contributed by atoms with E-state index in [0.29, 0.717) is 17.1 Å². The normalized spacial score (nSPS) is 16.2. The topological polar surface area (TPSA) is 29.5 Å². The lowest BCUT2D eigenvalue weighted by Crippen LogP contribution is -2.40. The summed E-state index contributed by atoms with van der Waals surface area (Å²) in [6, 6.07) is 17.0. The maximum Gasteiger partial charge on any atom is 0.254 e. The number of para-hydroxylation sites is 1. The van der Waals surface area contributed by atoms with Gasteiger partial charge in [0.15, 0.2) is 0 Å². The van der Waals surface area contributed by atoms with Gasteiger partial charge in [0.05, 0.1) is 13.2 Å². The van der Waals surface area contributed by atoms with Gasteiger partial charge >= 0.3 is 0 Å². The van der Waals surface area contributed by atoms with Crippen LogP contribution in [0.25, 0.3) is 0 Å². The number of methoxy groups -OCH3 is 1. The van der Waals surface area contributed by atoms with Crippen LogP contribution in [0, 0.1) is 0 Å². The molecule has 3 aromatic rings. The number of halogens is 1. The van der Waals surface area contributed by atoms with Crippen LogP contribution in [0.1, 0.15) is 32.4 Å². The van der Waals surface area contributed by atoms with Gasteiger partial charge < -0.3 is 9.64 Å². The molecule has 5 heteroatoms. The summed E-state index contributed by atoms with van der Waals surface area (Å²) in [6.45, 7) is 0.675. The highest BCUT2D eigenvalue weighted by atomic mass is 35.5. The average molecular weight is 384 g/mol. The Morgan fingerprint density at radius 3 is 2.69 bits per heavy atom. The van der Waals surface area contributed by atoms with Gasteiger partial charge in [-0.15, -0.1) is 11.3 Å². The Hall–Kier alpha value is -2.30. The lowest BCUT2D eigenvalue weighted by Gasteiger charge is -2.36. The molecule has 2 heterocycles. The Morgan fingerprint density at radius 1 is 1.15 bits per heavy atom. The number of fused-ring (bicyclic) bond motifs is 1. The fourth-order valence-electron chi connectivity index (χ4n) is 3.48. The molecule has 1 unspecified atom stereocenters. The van der Waals surface area contributed by atoms with Crippen molar-refractivity contribution in [1.29, 1.82) is 0 Å². The lowest BCUT2D eigenvalue weighted by atomic mass is 9.94. The van der Waals surface area contributed by atoms with Crippen molar-refractivity contribution in [2.75, 3.05) is 13.7 Å². The second-order valence-corrected chi connectivity index (χ2v) is 7.59. The second-order valence-electron chi connectivity index (χ2n) is 6.21. The van der Waals surface area contributed by atoms with Gasteiger partial charge in [-0.2, -0.15) is 0 Å². The van der Waals surface area contributed by atoms with Crippen LogP contribution < -0.4 is 4.74 Å². The van der Waals surface area contributed by atoms with Gasteiger partial charge in [0.2, 0.25) is 0 Å². The van der Waals surface area contributed by atoms with E-state index in [1.807, 2.05) is 29.2 Å². The van der Waals surface area contributed by atoms with Crippen molar-refractivity contribution in [2.45, 2.75) is 12.5 Å². The number of amides is 1. The molecule has 1 aromatic heterocycles. The monoisotopic (exact) mass is 383 g/mol. The van der Waals surface area contributed by atoms with Gasteiger partial charge in [-0.05, 0) is 53.8 Å². The number of carbonyl (C=O) groups is 1. The van der Waals surface area contributed by atoms with Crippen molar-refractivity contribution in [3.8, 4) is 5.75 Å². The van der Waals surface area contributed by atoms with Crippen LogP contribution in [0.3, 0.4) is 0 Å². The third-order valence-corrected chi connectivity index (χ3v) is 6.01. The molecule has 132 valence electrons. The average Bonchev–Trinajstić information content (AvgIpc) is 3.16. The minimum atomic E-state index is -0.141. The number of benzene rings is 2. The van der Waals surface area contributed by atoms with Crippen LogP contribution in [-0.2, 0) is 6.42 Å². The molecule has 0 spiro atoms. The number of hydrogen-bond acceptors (Lipinski definition) is 3. The number of carbonyl (C=O) groups excluding carboxylic acids is 1. The van der Waals surface area contributed by atoms with Gasteiger partial charge in [-0.3, -0.25) is 4.79 Å². The van der Waals surface area contributed by atoms with E-state index in [1.54, 1.807) is 42.7 Å². The van der Waals surface area contributed by atoms with E-state index in [-0.39, 0.29) is 11.9 Å². The number of rotatable bonds is 3.